The second kappa shape index (κ2) is 8.25. The molecule has 0 spiro atoms. The normalized spacial score (nSPS) is 13.7. The minimum atomic E-state index is -0.523. The molecular formula is C22H25NO4. The number of carbonyl (C=O) groups excluding carboxylic acids is 2. The van der Waals surface area contributed by atoms with Gasteiger partial charge in [-0.05, 0) is 75.6 Å². The summed E-state index contributed by atoms with van der Waals surface area (Å²) in [6, 6.07) is 9.48. The Morgan fingerprint density at radius 2 is 1.89 bits per heavy atom. The van der Waals surface area contributed by atoms with Gasteiger partial charge in [0, 0.05) is 29.1 Å². The molecule has 0 N–H and O–H groups in total. The molecule has 1 saturated carbocycles. The van der Waals surface area contributed by atoms with E-state index in [0.29, 0.717) is 24.0 Å². The number of nitrogens with zero attached hydrogens (tertiary/aromatic N) is 1. The Balaban J connectivity index is 1.54. The van der Waals surface area contributed by atoms with Crippen molar-refractivity contribution in [1.29, 1.82) is 0 Å². The summed E-state index contributed by atoms with van der Waals surface area (Å²) >= 11 is 0. The van der Waals surface area contributed by atoms with Crippen LogP contribution in [0.15, 0.2) is 36.4 Å². The molecule has 0 unspecified atom stereocenters. The average molecular weight is 367 g/mol. The highest BCUT2D eigenvalue weighted by Gasteiger charge is 2.26. The van der Waals surface area contributed by atoms with E-state index in [0.717, 1.165) is 11.3 Å². The van der Waals surface area contributed by atoms with Gasteiger partial charge >= 0.3 is 5.97 Å². The molecule has 27 heavy (non-hydrogen) atoms. The lowest BCUT2D eigenvalue weighted by molar-refractivity contribution is -0.136. The van der Waals surface area contributed by atoms with Gasteiger partial charge in [-0.2, -0.15) is 0 Å². The molecule has 0 atom stereocenters. The Kier molecular flexibility index (Phi) is 5.79. The van der Waals surface area contributed by atoms with Crippen molar-refractivity contribution in [3.05, 3.63) is 58.9 Å². The molecule has 1 aliphatic carbocycles. The molecule has 0 bridgehead atoms. The van der Waals surface area contributed by atoms with Crippen molar-refractivity contribution in [1.82, 2.24) is 4.57 Å². The molecule has 0 aliphatic heterocycles. The third kappa shape index (κ3) is 4.67. The summed E-state index contributed by atoms with van der Waals surface area (Å²) in [4.78, 5) is 24.1. The van der Waals surface area contributed by atoms with Gasteiger partial charge in [0.15, 0.2) is 12.4 Å². The molecule has 1 aliphatic rings. The van der Waals surface area contributed by atoms with E-state index < -0.39 is 5.97 Å². The van der Waals surface area contributed by atoms with Crippen LogP contribution in [0.3, 0.4) is 0 Å². The number of Topliss-reactive ketones (excluding diaryl/α,β-unsaturated/α-hetero) is 1. The lowest BCUT2D eigenvalue weighted by Gasteiger charge is -2.06. The minimum absolute atomic E-state index is 0.244. The molecule has 5 heteroatoms. The first-order valence-electron chi connectivity index (χ1n) is 9.29. The summed E-state index contributed by atoms with van der Waals surface area (Å²) in [6.45, 7) is 6.33. The highest BCUT2D eigenvalue weighted by atomic mass is 16.5. The Morgan fingerprint density at radius 1 is 1.19 bits per heavy atom. The van der Waals surface area contributed by atoms with Gasteiger partial charge in [0.05, 0.1) is 6.61 Å². The highest BCUT2D eigenvalue weighted by Crippen LogP contribution is 2.38. The van der Waals surface area contributed by atoms with Gasteiger partial charge in [0.25, 0.3) is 0 Å². The molecule has 0 amide bonds. The minimum Gasteiger partial charge on any atom is -0.494 e. The quantitative estimate of drug-likeness (QED) is 0.397. The summed E-state index contributed by atoms with van der Waals surface area (Å²) in [5, 5.41) is 0. The van der Waals surface area contributed by atoms with Crippen LogP contribution in [-0.4, -0.2) is 29.5 Å². The zero-order valence-electron chi connectivity index (χ0n) is 16.0. The number of rotatable bonds is 8. The first-order valence-corrected chi connectivity index (χ1v) is 9.29. The predicted molar refractivity (Wildman–Crippen MR) is 104 cm³/mol. The lowest BCUT2D eigenvalue weighted by Crippen LogP contribution is -2.12. The smallest absolute Gasteiger partial charge is 0.331 e. The molecule has 2 aromatic rings. The Labute approximate surface area is 159 Å². The van der Waals surface area contributed by atoms with E-state index in [1.54, 1.807) is 30.3 Å². The molecule has 1 fully saturated rings. The fourth-order valence-corrected chi connectivity index (χ4v) is 3.20. The summed E-state index contributed by atoms with van der Waals surface area (Å²) in [6.07, 6.45) is 5.57. The molecule has 5 nitrogen and oxygen atoms in total. The van der Waals surface area contributed by atoms with Crippen LogP contribution in [0.25, 0.3) is 6.08 Å². The van der Waals surface area contributed by atoms with E-state index >= 15 is 0 Å². The summed E-state index contributed by atoms with van der Waals surface area (Å²) in [5.74, 6) is -0.0602. The first-order chi connectivity index (χ1) is 13.0. The maximum absolute atomic E-state index is 12.1. The van der Waals surface area contributed by atoms with Gasteiger partial charge in [-0.25, -0.2) is 4.79 Å². The number of benzene rings is 1. The van der Waals surface area contributed by atoms with Crippen molar-refractivity contribution in [3.8, 4) is 5.75 Å². The van der Waals surface area contributed by atoms with Gasteiger partial charge in [-0.3, -0.25) is 4.79 Å². The van der Waals surface area contributed by atoms with Crippen LogP contribution in [0.4, 0.5) is 0 Å². The van der Waals surface area contributed by atoms with Gasteiger partial charge in [0.2, 0.25) is 0 Å². The molecule has 0 radical (unpaired) electrons. The summed E-state index contributed by atoms with van der Waals surface area (Å²) < 4.78 is 12.7. The van der Waals surface area contributed by atoms with E-state index in [-0.39, 0.29) is 12.4 Å². The van der Waals surface area contributed by atoms with Gasteiger partial charge in [0.1, 0.15) is 5.75 Å². The number of aromatic nitrogens is 1. The van der Waals surface area contributed by atoms with Crippen LogP contribution in [-0.2, 0) is 9.53 Å². The number of carbonyl (C=O) groups is 2. The second-order valence-corrected chi connectivity index (χ2v) is 6.75. The van der Waals surface area contributed by atoms with E-state index in [2.05, 4.69) is 24.5 Å². The van der Waals surface area contributed by atoms with Crippen LogP contribution in [0.5, 0.6) is 5.75 Å². The SMILES string of the molecule is CCOc1ccc(C(=O)COC(=O)/C=C/c2cc(C)n(C3CC3)c2C)cc1. The predicted octanol–water partition coefficient (Wildman–Crippen LogP) is 4.28. The third-order valence-electron chi connectivity index (χ3n) is 4.67. The summed E-state index contributed by atoms with van der Waals surface area (Å²) in [7, 11) is 0. The maximum atomic E-state index is 12.1. The number of esters is 1. The number of hydrogen-bond donors (Lipinski definition) is 0. The van der Waals surface area contributed by atoms with Crippen molar-refractivity contribution in [2.45, 2.75) is 39.7 Å². The molecule has 1 aromatic carbocycles. The standard InChI is InChI=1S/C22H25NO4/c1-4-26-20-10-5-17(6-11-20)21(24)14-27-22(25)12-7-18-13-15(2)23(16(18)3)19-8-9-19/h5-7,10-13,19H,4,8-9,14H2,1-3H3/b12-7+. The van der Waals surface area contributed by atoms with Crippen LogP contribution >= 0.6 is 0 Å². The monoisotopic (exact) mass is 367 g/mol. The fourth-order valence-electron chi connectivity index (χ4n) is 3.20. The molecule has 1 aromatic heterocycles. The average Bonchev–Trinajstić information content (AvgIpc) is 3.44. The number of aryl methyl sites for hydroxylation is 1. The van der Waals surface area contributed by atoms with Gasteiger partial charge in [-0.1, -0.05) is 0 Å². The van der Waals surface area contributed by atoms with Crippen LogP contribution in [0.2, 0.25) is 0 Å². The fraction of sp³-hybridized carbons (Fsp3) is 0.364. The van der Waals surface area contributed by atoms with Crippen LogP contribution < -0.4 is 4.74 Å². The van der Waals surface area contributed by atoms with Crippen molar-refractivity contribution in [3.63, 3.8) is 0 Å². The molecule has 3 rings (SSSR count). The Morgan fingerprint density at radius 3 is 2.52 bits per heavy atom. The van der Waals surface area contributed by atoms with Gasteiger partial charge in [-0.15, -0.1) is 0 Å². The van der Waals surface area contributed by atoms with E-state index in [9.17, 15) is 9.59 Å². The Bertz CT molecular complexity index is 857. The van der Waals surface area contributed by atoms with E-state index in [1.165, 1.54) is 24.6 Å². The van der Waals surface area contributed by atoms with Crippen LogP contribution in [0.1, 0.15) is 53.1 Å². The number of ketones is 1. The van der Waals surface area contributed by atoms with Crippen molar-refractivity contribution in [2.24, 2.45) is 0 Å². The third-order valence-corrected chi connectivity index (χ3v) is 4.67. The van der Waals surface area contributed by atoms with Crippen molar-refractivity contribution >= 4 is 17.8 Å². The topological polar surface area (TPSA) is 57.5 Å². The second-order valence-electron chi connectivity index (χ2n) is 6.75. The zero-order chi connectivity index (χ0) is 19.4. The molecule has 0 saturated heterocycles. The first kappa shape index (κ1) is 19.0. The zero-order valence-corrected chi connectivity index (χ0v) is 16.0. The molecule has 142 valence electrons. The van der Waals surface area contributed by atoms with Crippen LogP contribution in [0, 0.1) is 13.8 Å². The largest absolute Gasteiger partial charge is 0.494 e. The van der Waals surface area contributed by atoms with E-state index in [1.807, 2.05) is 6.92 Å². The highest BCUT2D eigenvalue weighted by molar-refractivity contribution is 5.99. The molecule has 1 heterocycles. The number of ether oxygens (including phenoxy) is 2. The Hall–Kier alpha value is -2.82. The van der Waals surface area contributed by atoms with Gasteiger partial charge < -0.3 is 14.0 Å². The van der Waals surface area contributed by atoms with E-state index in [4.69, 9.17) is 9.47 Å². The lowest BCUT2D eigenvalue weighted by atomic mass is 10.1. The van der Waals surface area contributed by atoms with Crippen molar-refractivity contribution in [2.75, 3.05) is 13.2 Å². The molecular weight excluding hydrogens is 342 g/mol. The summed E-state index contributed by atoms with van der Waals surface area (Å²) in [5.41, 5.74) is 3.86. The van der Waals surface area contributed by atoms with Crippen molar-refractivity contribution < 1.29 is 19.1 Å². The number of hydrogen-bond acceptors (Lipinski definition) is 4. The maximum Gasteiger partial charge on any atom is 0.331 e.